The molecule has 1 fully saturated rings. The molecule has 2 amide bonds. The fraction of sp³-hybridized carbons (Fsp3) is 0.381. The van der Waals surface area contributed by atoms with Gasteiger partial charge in [0.05, 0.1) is 21.4 Å². The standard InChI is InChI=1S/C21H24N4O6S2/c1-13(2)18(23-19(26)16-4-3-11-31-16)20(27)24-7-9-25(10-8-24)33(29,30)14-5-6-15-17(12-14)32-21(28)22-15/h3-6,11-13,18H,7-10H2,1-2H3,(H,22,28)(H,23,26). The Morgan fingerprint density at radius 1 is 1.15 bits per heavy atom. The van der Waals surface area contributed by atoms with Gasteiger partial charge < -0.3 is 19.6 Å². The van der Waals surface area contributed by atoms with Crippen molar-refractivity contribution < 1.29 is 22.4 Å². The minimum Gasteiger partial charge on any atom is -0.459 e. The first-order chi connectivity index (χ1) is 15.7. The predicted molar refractivity (Wildman–Crippen MR) is 123 cm³/mol. The zero-order chi connectivity index (χ0) is 23.8. The van der Waals surface area contributed by atoms with Crippen LogP contribution in [0.25, 0.3) is 10.2 Å². The van der Waals surface area contributed by atoms with E-state index in [9.17, 15) is 22.8 Å². The SMILES string of the molecule is CC(C)C(NC(=O)c1ccco1)C(=O)N1CCN(S(=O)(=O)c2ccc3[nH]c(=O)sc3c2)CC1. The largest absolute Gasteiger partial charge is 0.459 e. The Kier molecular flexibility index (Phi) is 6.41. The lowest BCUT2D eigenvalue weighted by Crippen LogP contribution is -2.57. The Hall–Kier alpha value is -2.96. The molecule has 0 saturated carbocycles. The van der Waals surface area contributed by atoms with E-state index in [0.29, 0.717) is 10.2 Å². The highest BCUT2D eigenvalue weighted by Gasteiger charge is 2.34. The van der Waals surface area contributed by atoms with E-state index < -0.39 is 22.0 Å². The Balaban J connectivity index is 1.43. The quantitative estimate of drug-likeness (QED) is 0.535. The van der Waals surface area contributed by atoms with Crippen LogP contribution >= 0.6 is 11.3 Å². The van der Waals surface area contributed by atoms with Crippen molar-refractivity contribution in [3.63, 3.8) is 0 Å². The third kappa shape index (κ3) is 4.72. The Morgan fingerprint density at radius 3 is 2.52 bits per heavy atom. The minimum atomic E-state index is -3.77. The maximum atomic E-state index is 13.1. The number of amides is 2. The van der Waals surface area contributed by atoms with Crippen molar-refractivity contribution in [2.45, 2.75) is 24.8 Å². The van der Waals surface area contributed by atoms with Gasteiger partial charge in [-0.3, -0.25) is 14.4 Å². The molecular formula is C21H24N4O6S2. The van der Waals surface area contributed by atoms with Gasteiger partial charge in [-0.2, -0.15) is 4.31 Å². The number of nitrogens with zero attached hydrogens (tertiary/aromatic N) is 2. The maximum absolute atomic E-state index is 13.1. The van der Waals surface area contributed by atoms with Crippen molar-refractivity contribution in [3.8, 4) is 0 Å². The molecule has 1 atom stereocenters. The molecule has 10 nitrogen and oxygen atoms in total. The number of thiazole rings is 1. The van der Waals surface area contributed by atoms with Gasteiger partial charge in [0.1, 0.15) is 6.04 Å². The summed E-state index contributed by atoms with van der Waals surface area (Å²) in [6, 6.07) is 6.89. The summed E-state index contributed by atoms with van der Waals surface area (Å²) in [5, 5.41) is 2.72. The van der Waals surface area contributed by atoms with Crippen molar-refractivity contribution in [3.05, 3.63) is 52.0 Å². The molecule has 1 saturated heterocycles. The number of rotatable bonds is 6. The van der Waals surface area contributed by atoms with Crippen LogP contribution in [0.15, 0.2) is 50.7 Å². The van der Waals surface area contributed by atoms with Crippen LogP contribution in [0.1, 0.15) is 24.4 Å². The molecule has 0 spiro atoms. The number of hydrogen-bond donors (Lipinski definition) is 2. The number of piperazine rings is 1. The summed E-state index contributed by atoms with van der Waals surface area (Å²) in [7, 11) is -3.77. The van der Waals surface area contributed by atoms with Crippen molar-refractivity contribution >= 4 is 43.4 Å². The number of H-pyrrole nitrogens is 1. The lowest BCUT2D eigenvalue weighted by atomic mass is 10.0. The van der Waals surface area contributed by atoms with E-state index >= 15 is 0 Å². The van der Waals surface area contributed by atoms with Crippen LogP contribution in [-0.4, -0.2) is 66.6 Å². The molecule has 3 aromatic rings. The van der Waals surface area contributed by atoms with E-state index in [4.69, 9.17) is 4.42 Å². The molecule has 1 unspecified atom stereocenters. The summed E-state index contributed by atoms with van der Waals surface area (Å²) < 4.78 is 33.2. The van der Waals surface area contributed by atoms with Gasteiger partial charge >= 0.3 is 4.87 Å². The van der Waals surface area contributed by atoms with Crippen LogP contribution in [0, 0.1) is 5.92 Å². The predicted octanol–water partition coefficient (Wildman–Crippen LogP) is 1.47. The van der Waals surface area contributed by atoms with Crippen LogP contribution in [0.4, 0.5) is 0 Å². The van der Waals surface area contributed by atoms with Gasteiger partial charge in [-0.05, 0) is 36.2 Å². The van der Waals surface area contributed by atoms with Gasteiger partial charge in [-0.15, -0.1) is 0 Å². The highest BCUT2D eigenvalue weighted by Crippen LogP contribution is 2.23. The Bertz CT molecular complexity index is 1320. The number of carbonyl (C=O) groups excluding carboxylic acids is 2. The summed E-state index contributed by atoms with van der Waals surface area (Å²) in [6.07, 6.45) is 1.38. The smallest absolute Gasteiger partial charge is 0.305 e. The second kappa shape index (κ2) is 9.12. The number of sulfonamides is 1. The van der Waals surface area contributed by atoms with E-state index in [1.165, 1.54) is 28.8 Å². The van der Waals surface area contributed by atoms with Crippen LogP contribution in [-0.2, 0) is 14.8 Å². The summed E-state index contributed by atoms with van der Waals surface area (Å²) in [5.74, 6) is -0.789. The molecule has 2 N–H and O–H groups in total. The van der Waals surface area contributed by atoms with Crippen molar-refractivity contribution in [1.29, 1.82) is 0 Å². The molecular weight excluding hydrogens is 468 g/mol. The number of fused-ring (bicyclic) bond motifs is 1. The number of aromatic amines is 1. The molecule has 1 aromatic carbocycles. The van der Waals surface area contributed by atoms with Gasteiger partial charge in [0, 0.05) is 26.2 Å². The van der Waals surface area contributed by atoms with E-state index in [0.717, 1.165) is 11.3 Å². The molecule has 0 bridgehead atoms. The van der Waals surface area contributed by atoms with Gasteiger partial charge in [0.2, 0.25) is 15.9 Å². The average molecular weight is 493 g/mol. The number of furan rings is 1. The van der Waals surface area contributed by atoms with E-state index in [1.807, 2.05) is 13.8 Å². The van der Waals surface area contributed by atoms with Gasteiger partial charge in [-0.25, -0.2) is 8.42 Å². The summed E-state index contributed by atoms with van der Waals surface area (Å²) in [4.78, 5) is 41.1. The maximum Gasteiger partial charge on any atom is 0.305 e. The molecule has 176 valence electrons. The monoisotopic (exact) mass is 492 g/mol. The van der Waals surface area contributed by atoms with E-state index in [-0.39, 0.29) is 53.5 Å². The lowest BCUT2D eigenvalue weighted by Gasteiger charge is -2.36. The van der Waals surface area contributed by atoms with Crippen LogP contribution < -0.4 is 10.2 Å². The first-order valence-electron chi connectivity index (χ1n) is 10.4. The Labute approximate surface area is 194 Å². The number of aromatic nitrogens is 1. The molecule has 0 aliphatic carbocycles. The molecule has 0 radical (unpaired) electrons. The van der Waals surface area contributed by atoms with Gasteiger partial charge in [0.25, 0.3) is 5.91 Å². The topological polar surface area (TPSA) is 133 Å². The fourth-order valence-electron chi connectivity index (χ4n) is 3.71. The summed E-state index contributed by atoms with van der Waals surface area (Å²) in [5.41, 5.74) is 0.593. The van der Waals surface area contributed by atoms with Gasteiger partial charge in [0.15, 0.2) is 5.76 Å². The van der Waals surface area contributed by atoms with E-state index in [2.05, 4.69) is 10.3 Å². The number of nitrogens with one attached hydrogen (secondary N) is 2. The van der Waals surface area contributed by atoms with Crippen molar-refractivity contribution in [2.75, 3.05) is 26.2 Å². The lowest BCUT2D eigenvalue weighted by molar-refractivity contribution is -0.135. The normalized spacial score (nSPS) is 16.3. The zero-order valence-corrected chi connectivity index (χ0v) is 19.7. The first-order valence-corrected chi connectivity index (χ1v) is 12.7. The summed E-state index contributed by atoms with van der Waals surface area (Å²) in [6.45, 7) is 4.34. The molecule has 3 heterocycles. The highest BCUT2D eigenvalue weighted by atomic mass is 32.2. The molecule has 1 aliphatic rings. The third-order valence-electron chi connectivity index (χ3n) is 5.54. The zero-order valence-electron chi connectivity index (χ0n) is 18.1. The average Bonchev–Trinajstić information content (AvgIpc) is 3.45. The number of benzene rings is 1. The van der Waals surface area contributed by atoms with Crippen LogP contribution in [0.5, 0.6) is 0 Å². The number of hydrogen-bond acceptors (Lipinski definition) is 7. The van der Waals surface area contributed by atoms with Crippen molar-refractivity contribution in [1.82, 2.24) is 19.5 Å². The molecule has 2 aromatic heterocycles. The Morgan fingerprint density at radius 2 is 1.88 bits per heavy atom. The van der Waals surface area contributed by atoms with Crippen LogP contribution in [0.3, 0.4) is 0 Å². The molecule has 12 heteroatoms. The molecule has 4 rings (SSSR count). The second-order valence-corrected chi connectivity index (χ2v) is 11.0. The third-order valence-corrected chi connectivity index (χ3v) is 8.28. The molecule has 33 heavy (non-hydrogen) atoms. The fourth-order valence-corrected chi connectivity index (χ4v) is 6.01. The van der Waals surface area contributed by atoms with Crippen LogP contribution in [0.2, 0.25) is 0 Å². The first kappa shape index (κ1) is 23.2. The number of carbonyl (C=O) groups is 2. The molecule has 1 aliphatic heterocycles. The summed E-state index contributed by atoms with van der Waals surface area (Å²) >= 11 is 0.955. The highest BCUT2D eigenvalue weighted by molar-refractivity contribution is 7.89. The van der Waals surface area contributed by atoms with E-state index in [1.54, 1.807) is 17.0 Å². The van der Waals surface area contributed by atoms with Gasteiger partial charge in [-0.1, -0.05) is 25.2 Å². The minimum absolute atomic E-state index is 0.107. The van der Waals surface area contributed by atoms with Crippen molar-refractivity contribution in [2.24, 2.45) is 5.92 Å². The second-order valence-electron chi connectivity index (χ2n) is 8.07.